The summed E-state index contributed by atoms with van der Waals surface area (Å²) in [5.74, 6) is 0. The molecular weight excluding hydrogens is 1070 g/mol. The van der Waals surface area contributed by atoms with Crippen LogP contribution in [0.4, 0.5) is 0 Å². The number of benzene rings is 4. The van der Waals surface area contributed by atoms with Crippen molar-refractivity contribution in [1.29, 1.82) is 0 Å². The molecule has 0 saturated carbocycles. The second-order valence-electron chi connectivity index (χ2n) is 6.44. The van der Waals surface area contributed by atoms with Gasteiger partial charge in [-0.05, 0) is 0 Å². The molecule has 0 spiro atoms. The Bertz CT molecular complexity index is 923. The van der Waals surface area contributed by atoms with Crippen molar-refractivity contribution in [3.05, 3.63) is 128 Å². The SMILES string of the molecule is [C-]#[O+].[Cl][Pt].[Cl][Sn]([Cl])[Cl].[Cl][Sn]([Cl])[Cl].c1ccc([As+](c2ccccc2)(c2ccccc2)c2ccccc2)cc1. The molecule has 0 aliphatic heterocycles. The fourth-order valence-electron chi connectivity index (χ4n) is 3.50. The molecule has 12 heteroatoms. The van der Waals surface area contributed by atoms with E-state index in [0.29, 0.717) is 0 Å². The van der Waals surface area contributed by atoms with Crippen LogP contribution in [0.2, 0.25) is 0 Å². The molecule has 4 aromatic rings. The Labute approximate surface area is 273 Å². The van der Waals surface area contributed by atoms with Gasteiger partial charge in [-0.2, -0.15) is 0 Å². The van der Waals surface area contributed by atoms with Crippen LogP contribution in [-0.2, 0) is 23.4 Å². The Morgan fingerprint density at radius 3 is 0.703 bits per heavy atom. The summed E-state index contributed by atoms with van der Waals surface area (Å²) in [6.45, 7) is 4.50. The summed E-state index contributed by atoms with van der Waals surface area (Å²) >= 11 is -5.41. The third kappa shape index (κ3) is 14.3. The van der Waals surface area contributed by atoms with E-state index < -0.39 is 46.3 Å². The van der Waals surface area contributed by atoms with E-state index in [2.05, 4.69) is 137 Å². The molecule has 0 aliphatic rings. The average molecular weight is 1090 g/mol. The van der Waals surface area contributed by atoms with E-state index in [-0.39, 0.29) is 0 Å². The molecule has 0 saturated heterocycles. The first kappa shape index (κ1) is 38.5. The van der Waals surface area contributed by atoms with Crippen molar-refractivity contribution in [1.82, 2.24) is 0 Å². The average Bonchev–Trinajstić information content (AvgIpc) is 2.93. The molecule has 2 radical (unpaired) electrons. The molecule has 0 N–H and O–H groups in total. The van der Waals surface area contributed by atoms with Crippen molar-refractivity contribution >= 4 is 127 Å². The van der Waals surface area contributed by atoms with Gasteiger partial charge in [0.15, 0.2) is 0 Å². The Hall–Kier alpha value is 1.49. The summed E-state index contributed by atoms with van der Waals surface area (Å²) in [6.07, 6.45) is 0. The minimum atomic E-state index is -2.77. The van der Waals surface area contributed by atoms with Crippen molar-refractivity contribution < 1.29 is 23.4 Å². The van der Waals surface area contributed by atoms with Crippen LogP contribution >= 0.6 is 62.9 Å². The Kier molecular flexibility index (Phi) is 25.1. The van der Waals surface area contributed by atoms with Crippen molar-refractivity contribution in [2.24, 2.45) is 0 Å². The van der Waals surface area contributed by atoms with Gasteiger partial charge in [0.25, 0.3) is 0 Å². The fraction of sp³-hybridized carbons (Fsp3) is 0. The third-order valence-electron chi connectivity index (χ3n) is 4.57. The first-order valence-electron chi connectivity index (χ1n) is 9.99. The monoisotopic (exact) mass is 1090 g/mol. The van der Waals surface area contributed by atoms with Crippen LogP contribution in [0, 0.1) is 6.65 Å². The third-order valence-corrected chi connectivity index (χ3v) is 13.6. The quantitative estimate of drug-likeness (QED) is 0.118. The molecule has 0 fully saturated rings. The first-order valence-corrected chi connectivity index (χ1v) is 38.2. The Balaban J connectivity index is 0.000000926. The summed E-state index contributed by atoms with van der Waals surface area (Å²) in [6, 6.07) is 44.2. The van der Waals surface area contributed by atoms with E-state index in [1.807, 2.05) is 0 Å². The molecule has 0 unspecified atom stereocenters. The predicted octanol–water partition coefficient (Wildman–Crippen LogP) is 7.09. The van der Waals surface area contributed by atoms with Crippen LogP contribution in [0.5, 0.6) is 0 Å². The Morgan fingerprint density at radius 1 is 0.432 bits per heavy atom. The second-order valence-corrected chi connectivity index (χ2v) is 39.0. The number of hydrogen-bond donors (Lipinski definition) is 0. The van der Waals surface area contributed by atoms with E-state index in [4.69, 9.17) is 58.2 Å². The van der Waals surface area contributed by atoms with Crippen LogP contribution in [0.1, 0.15) is 0 Å². The molecule has 0 atom stereocenters. The first-order chi connectivity index (χ1) is 17.9. The van der Waals surface area contributed by atoms with Crippen molar-refractivity contribution in [2.45, 2.75) is 0 Å². The zero-order valence-electron chi connectivity index (χ0n) is 18.9. The molecule has 0 aliphatic carbocycles. The van der Waals surface area contributed by atoms with Gasteiger partial charge in [0.2, 0.25) is 0 Å². The number of halogens is 7. The van der Waals surface area contributed by atoms with E-state index in [9.17, 15) is 0 Å². The molecule has 1 nitrogen and oxygen atoms in total. The van der Waals surface area contributed by atoms with E-state index in [1.54, 1.807) is 18.8 Å². The van der Waals surface area contributed by atoms with E-state index in [1.165, 1.54) is 17.4 Å². The number of hydrogen-bond acceptors (Lipinski definition) is 0. The molecule has 0 heterocycles. The molecule has 0 bridgehead atoms. The van der Waals surface area contributed by atoms with Gasteiger partial charge in [0.05, 0.1) is 0 Å². The van der Waals surface area contributed by atoms with Crippen LogP contribution in [0.25, 0.3) is 0 Å². The summed E-state index contributed by atoms with van der Waals surface area (Å²) < 4.78 is 13.3. The van der Waals surface area contributed by atoms with Crippen LogP contribution in [0.3, 0.4) is 0 Å². The molecule has 0 amide bonds. The maximum atomic E-state index is 7.50. The van der Waals surface area contributed by atoms with Gasteiger partial charge < -0.3 is 0 Å². The molecule has 37 heavy (non-hydrogen) atoms. The Morgan fingerprint density at radius 2 is 0.568 bits per heavy atom. The molecule has 197 valence electrons. The van der Waals surface area contributed by atoms with Crippen molar-refractivity contribution in [2.75, 3.05) is 0 Å². The molecule has 0 aromatic heterocycles. The summed E-state index contributed by atoms with van der Waals surface area (Å²) in [5, 5.41) is 0. The standard InChI is InChI=1S/C24H20As.CO.7ClH.Pt.2Sn/c1-5-13-21(14-6-1)25(22-15-7-2-8-16-22,23-17-9-3-10-18-23)24-19-11-4-12-20-24;1-2;;;;;;;;;;/h1-20H;;7*1H;;;/q+1;;;;;;;;;+1;2*+3/p-7. The second kappa shape index (κ2) is 24.1. The van der Waals surface area contributed by atoms with E-state index >= 15 is 0 Å². The molecule has 4 rings (SSSR count). The van der Waals surface area contributed by atoms with Crippen LogP contribution in [-0.4, -0.2) is 46.3 Å². The molecule has 4 aromatic carbocycles. The van der Waals surface area contributed by atoms with Gasteiger partial charge in [-0.25, -0.2) is 0 Å². The normalized spacial score (nSPS) is 9.76. The van der Waals surface area contributed by atoms with Gasteiger partial charge in [-0.15, -0.1) is 0 Å². The predicted molar refractivity (Wildman–Crippen MR) is 166 cm³/mol. The van der Waals surface area contributed by atoms with Crippen molar-refractivity contribution in [3.63, 3.8) is 0 Å². The van der Waals surface area contributed by atoms with Gasteiger partial charge in [-0.1, -0.05) is 0 Å². The van der Waals surface area contributed by atoms with Gasteiger partial charge in [-0.3, -0.25) is 0 Å². The zero-order chi connectivity index (χ0) is 28.1. The topological polar surface area (TPSA) is 19.9 Å². The molecular formula is C25H20AsCl7OPtSn2+. The van der Waals surface area contributed by atoms with Gasteiger partial charge in [0.1, 0.15) is 0 Å². The maximum absolute atomic E-state index is 7.50. The number of rotatable bonds is 4. The van der Waals surface area contributed by atoms with Crippen LogP contribution < -0.4 is 17.4 Å². The summed E-state index contributed by atoms with van der Waals surface area (Å²) in [5.41, 5.74) is 0. The van der Waals surface area contributed by atoms with Crippen LogP contribution in [0.15, 0.2) is 121 Å². The zero-order valence-corrected chi connectivity index (χ0v) is 34.0. The van der Waals surface area contributed by atoms with Gasteiger partial charge in [0, 0.05) is 0 Å². The minimum absolute atomic E-state index is 1.45. The van der Waals surface area contributed by atoms with E-state index in [0.717, 1.165) is 0 Å². The van der Waals surface area contributed by atoms with Gasteiger partial charge >= 0.3 is 278 Å². The fourth-order valence-corrected chi connectivity index (χ4v) is 12.5. The van der Waals surface area contributed by atoms with Crippen molar-refractivity contribution in [3.8, 4) is 0 Å². The summed E-state index contributed by atoms with van der Waals surface area (Å²) in [7, 11) is 34.6. The summed E-state index contributed by atoms with van der Waals surface area (Å²) in [4.78, 5) is 0.